The molecule has 0 heterocycles. The topological polar surface area (TPSA) is 71.4 Å². The third kappa shape index (κ3) is 2.08. The minimum Gasteiger partial charge on any atom is -0.481 e. The number of carboxylic acids is 1. The molecule has 2 aliphatic carbocycles. The number of Topliss-reactive ketones (excluding diaryl/α,β-unsaturated/α-hetero) is 2. The molecule has 1 N–H and O–H groups in total. The standard InChI is InChI=1S/C11H14O4/c12-9-4-3-7(11(14)15)5-8(9)10(13)6-1-2-6/h6-8H,1-5H2,(H,14,15). The van der Waals surface area contributed by atoms with E-state index in [4.69, 9.17) is 5.11 Å². The van der Waals surface area contributed by atoms with Gasteiger partial charge in [0, 0.05) is 12.3 Å². The molecule has 0 amide bonds. The zero-order valence-electron chi connectivity index (χ0n) is 8.44. The molecule has 2 saturated carbocycles. The Morgan fingerprint density at radius 2 is 1.80 bits per heavy atom. The van der Waals surface area contributed by atoms with Crippen LogP contribution in [0.4, 0.5) is 0 Å². The lowest BCUT2D eigenvalue weighted by Gasteiger charge is -2.24. The fraction of sp³-hybridized carbons (Fsp3) is 0.727. The van der Waals surface area contributed by atoms with E-state index in [2.05, 4.69) is 0 Å². The number of hydrogen-bond donors (Lipinski definition) is 1. The van der Waals surface area contributed by atoms with Crippen LogP contribution in [0.2, 0.25) is 0 Å². The van der Waals surface area contributed by atoms with Crippen molar-refractivity contribution < 1.29 is 19.5 Å². The predicted molar refractivity (Wildman–Crippen MR) is 51.2 cm³/mol. The molecule has 0 bridgehead atoms. The highest BCUT2D eigenvalue weighted by Crippen LogP contribution is 2.37. The van der Waals surface area contributed by atoms with Crippen molar-refractivity contribution in [3.05, 3.63) is 0 Å². The largest absolute Gasteiger partial charge is 0.481 e. The number of rotatable bonds is 3. The van der Waals surface area contributed by atoms with Gasteiger partial charge in [0.1, 0.15) is 11.6 Å². The van der Waals surface area contributed by atoms with E-state index in [0.29, 0.717) is 6.42 Å². The second kappa shape index (κ2) is 3.76. The molecule has 2 rings (SSSR count). The van der Waals surface area contributed by atoms with Crippen LogP contribution < -0.4 is 0 Å². The minimum atomic E-state index is -0.879. The molecule has 0 aliphatic heterocycles. The van der Waals surface area contributed by atoms with Gasteiger partial charge in [0.2, 0.25) is 0 Å². The lowest BCUT2D eigenvalue weighted by Crippen LogP contribution is -2.34. The lowest BCUT2D eigenvalue weighted by atomic mass is 9.77. The zero-order valence-corrected chi connectivity index (χ0v) is 8.44. The van der Waals surface area contributed by atoms with Gasteiger partial charge in [0.05, 0.1) is 11.8 Å². The van der Waals surface area contributed by atoms with E-state index in [9.17, 15) is 14.4 Å². The van der Waals surface area contributed by atoms with E-state index >= 15 is 0 Å². The van der Waals surface area contributed by atoms with Gasteiger partial charge in [0.15, 0.2) is 0 Å². The first kappa shape index (κ1) is 10.3. The second-order valence-corrected chi connectivity index (χ2v) is 4.51. The molecule has 0 spiro atoms. The van der Waals surface area contributed by atoms with Crippen molar-refractivity contribution in [1.82, 2.24) is 0 Å². The smallest absolute Gasteiger partial charge is 0.306 e. The van der Waals surface area contributed by atoms with Crippen LogP contribution >= 0.6 is 0 Å². The minimum absolute atomic E-state index is 0.00838. The number of aliphatic carboxylic acids is 1. The molecule has 82 valence electrons. The van der Waals surface area contributed by atoms with Crippen LogP contribution in [-0.4, -0.2) is 22.6 Å². The summed E-state index contributed by atoms with van der Waals surface area (Å²) in [6.45, 7) is 0. The molecule has 0 saturated heterocycles. The van der Waals surface area contributed by atoms with E-state index in [1.54, 1.807) is 0 Å². The van der Waals surface area contributed by atoms with Crippen LogP contribution in [-0.2, 0) is 14.4 Å². The Labute approximate surface area is 87.7 Å². The molecular weight excluding hydrogens is 196 g/mol. The summed E-state index contributed by atoms with van der Waals surface area (Å²) >= 11 is 0. The van der Waals surface area contributed by atoms with Gasteiger partial charge in [0.25, 0.3) is 0 Å². The Balaban J connectivity index is 2.04. The number of carbonyl (C=O) groups excluding carboxylic acids is 2. The van der Waals surface area contributed by atoms with Crippen molar-refractivity contribution in [1.29, 1.82) is 0 Å². The summed E-state index contributed by atoms with van der Waals surface area (Å²) in [7, 11) is 0. The van der Waals surface area contributed by atoms with Crippen LogP contribution in [0.1, 0.15) is 32.1 Å². The van der Waals surface area contributed by atoms with Gasteiger partial charge in [-0.1, -0.05) is 0 Å². The first-order valence-corrected chi connectivity index (χ1v) is 5.39. The van der Waals surface area contributed by atoms with Gasteiger partial charge in [-0.15, -0.1) is 0 Å². The maximum absolute atomic E-state index is 11.7. The molecule has 4 heteroatoms. The van der Waals surface area contributed by atoms with Crippen LogP contribution in [0.5, 0.6) is 0 Å². The van der Waals surface area contributed by atoms with Crippen molar-refractivity contribution in [3.63, 3.8) is 0 Å². The Hall–Kier alpha value is -1.19. The van der Waals surface area contributed by atoms with Crippen LogP contribution in [0.25, 0.3) is 0 Å². The van der Waals surface area contributed by atoms with E-state index < -0.39 is 17.8 Å². The summed E-state index contributed by atoms with van der Waals surface area (Å²) in [6.07, 6.45) is 2.62. The van der Waals surface area contributed by atoms with Crippen LogP contribution in [0.3, 0.4) is 0 Å². The van der Waals surface area contributed by atoms with Crippen molar-refractivity contribution in [2.45, 2.75) is 32.1 Å². The van der Waals surface area contributed by atoms with Crippen molar-refractivity contribution in [3.8, 4) is 0 Å². The summed E-state index contributed by atoms with van der Waals surface area (Å²) < 4.78 is 0. The summed E-state index contributed by atoms with van der Waals surface area (Å²) in [5, 5.41) is 8.86. The van der Waals surface area contributed by atoms with Crippen molar-refractivity contribution in [2.24, 2.45) is 17.8 Å². The third-order valence-electron chi connectivity index (χ3n) is 3.32. The van der Waals surface area contributed by atoms with E-state index in [1.807, 2.05) is 0 Å². The molecule has 2 unspecified atom stereocenters. The zero-order chi connectivity index (χ0) is 11.0. The number of hydrogen-bond acceptors (Lipinski definition) is 3. The molecule has 0 aromatic rings. The number of ketones is 2. The summed E-state index contributed by atoms with van der Waals surface area (Å²) in [4.78, 5) is 34.0. The van der Waals surface area contributed by atoms with E-state index in [-0.39, 0.29) is 30.3 Å². The monoisotopic (exact) mass is 210 g/mol. The maximum Gasteiger partial charge on any atom is 0.306 e. The highest BCUT2D eigenvalue weighted by molar-refractivity contribution is 6.05. The Morgan fingerprint density at radius 1 is 1.13 bits per heavy atom. The van der Waals surface area contributed by atoms with Gasteiger partial charge in [-0.2, -0.15) is 0 Å². The second-order valence-electron chi connectivity index (χ2n) is 4.51. The van der Waals surface area contributed by atoms with E-state index in [1.165, 1.54) is 0 Å². The van der Waals surface area contributed by atoms with Crippen molar-refractivity contribution >= 4 is 17.5 Å². The summed E-state index contributed by atoms with van der Waals surface area (Å²) in [5.41, 5.74) is 0. The SMILES string of the molecule is O=C(O)C1CCC(=O)C(C(=O)C2CC2)C1. The Bertz CT molecular complexity index is 317. The number of carboxylic acid groups (broad SMARTS) is 1. The Kier molecular flexibility index (Phi) is 2.59. The average molecular weight is 210 g/mol. The van der Waals surface area contributed by atoms with Crippen LogP contribution in [0.15, 0.2) is 0 Å². The third-order valence-corrected chi connectivity index (χ3v) is 3.32. The molecule has 0 radical (unpaired) electrons. The fourth-order valence-electron chi connectivity index (χ4n) is 2.18. The number of carbonyl (C=O) groups is 3. The first-order chi connectivity index (χ1) is 7.09. The maximum atomic E-state index is 11.7. The normalized spacial score (nSPS) is 31.3. The Morgan fingerprint density at radius 3 is 2.33 bits per heavy atom. The van der Waals surface area contributed by atoms with Crippen molar-refractivity contribution in [2.75, 3.05) is 0 Å². The first-order valence-electron chi connectivity index (χ1n) is 5.39. The quantitative estimate of drug-likeness (QED) is 0.706. The average Bonchev–Trinajstić information content (AvgIpc) is 3.00. The van der Waals surface area contributed by atoms with Gasteiger partial charge in [-0.05, 0) is 25.7 Å². The van der Waals surface area contributed by atoms with Gasteiger partial charge in [-0.25, -0.2) is 0 Å². The molecule has 15 heavy (non-hydrogen) atoms. The molecule has 0 aromatic heterocycles. The van der Waals surface area contributed by atoms with E-state index in [0.717, 1.165) is 12.8 Å². The molecule has 2 aliphatic rings. The predicted octanol–water partition coefficient (Wildman–Crippen LogP) is 1.04. The molecule has 0 aromatic carbocycles. The summed E-state index contributed by atoms with van der Waals surface area (Å²) in [5.74, 6) is -2.01. The lowest BCUT2D eigenvalue weighted by molar-refractivity contribution is -0.146. The van der Waals surface area contributed by atoms with Gasteiger partial charge < -0.3 is 5.11 Å². The van der Waals surface area contributed by atoms with Gasteiger partial charge >= 0.3 is 5.97 Å². The van der Waals surface area contributed by atoms with Crippen LogP contribution in [0, 0.1) is 17.8 Å². The molecule has 4 nitrogen and oxygen atoms in total. The molecule has 2 fully saturated rings. The molecular formula is C11H14O4. The molecule has 2 atom stereocenters. The summed E-state index contributed by atoms with van der Waals surface area (Å²) in [6, 6.07) is 0. The fourth-order valence-corrected chi connectivity index (χ4v) is 2.18. The van der Waals surface area contributed by atoms with Gasteiger partial charge in [-0.3, -0.25) is 14.4 Å². The highest BCUT2D eigenvalue weighted by Gasteiger charge is 2.42. The highest BCUT2D eigenvalue weighted by atomic mass is 16.4.